The van der Waals surface area contributed by atoms with E-state index in [2.05, 4.69) is 4.90 Å². The van der Waals surface area contributed by atoms with Crippen LogP contribution in [0, 0.1) is 11.8 Å². The minimum atomic E-state index is -0.361. The Kier molecular flexibility index (Phi) is 3.36. The molecule has 1 aliphatic heterocycles. The lowest BCUT2D eigenvalue weighted by Crippen LogP contribution is -2.47. The van der Waals surface area contributed by atoms with E-state index in [9.17, 15) is 4.79 Å². The third-order valence-corrected chi connectivity index (χ3v) is 5.10. The normalized spacial score (nSPS) is 38.9. The van der Waals surface area contributed by atoms with Crippen molar-refractivity contribution in [3.8, 4) is 0 Å². The Morgan fingerprint density at radius 2 is 1.95 bits per heavy atom. The van der Waals surface area contributed by atoms with Crippen LogP contribution in [0.1, 0.15) is 59.3 Å². The standard InChI is InChI=1S/C16H27NO2/c1-16(2,3)19-15(18)13-5-4-8-17(13)14-10-11-6-7-12(14)9-11/h11-14H,4-10H2,1-3H3/t11?,12?,13-,14?/m0/s1. The molecule has 4 atom stereocenters. The van der Waals surface area contributed by atoms with Gasteiger partial charge >= 0.3 is 5.97 Å². The molecule has 3 heteroatoms. The van der Waals surface area contributed by atoms with Gasteiger partial charge in [-0.3, -0.25) is 9.69 Å². The predicted octanol–water partition coefficient (Wildman–Crippen LogP) is 2.98. The van der Waals surface area contributed by atoms with Crippen LogP contribution in [0.5, 0.6) is 0 Å². The summed E-state index contributed by atoms with van der Waals surface area (Å²) < 4.78 is 5.61. The average molecular weight is 265 g/mol. The molecule has 3 nitrogen and oxygen atoms in total. The summed E-state index contributed by atoms with van der Waals surface area (Å²) in [5.74, 6) is 1.80. The van der Waals surface area contributed by atoms with E-state index in [0.717, 1.165) is 31.2 Å². The molecule has 1 saturated heterocycles. The number of hydrogen-bond donors (Lipinski definition) is 0. The topological polar surface area (TPSA) is 29.5 Å². The third kappa shape index (κ3) is 2.67. The number of rotatable bonds is 2. The van der Waals surface area contributed by atoms with E-state index >= 15 is 0 Å². The molecule has 2 aliphatic carbocycles. The van der Waals surface area contributed by atoms with E-state index < -0.39 is 0 Å². The monoisotopic (exact) mass is 265 g/mol. The number of nitrogens with zero attached hydrogens (tertiary/aromatic N) is 1. The Morgan fingerprint density at radius 1 is 1.16 bits per heavy atom. The first-order valence-corrected chi connectivity index (χ1v) is 7.92. The SMILES string of the molecule is CC(C)(C)OC(=O)[C@@H]1CCCN1C1CC2CCC1C2. The highest BCUT2D eigenvalue weighted by atomic mass is 16.6. The summed E-state index contributed by atoms with van der Waals surface area (Å²) in [6.45, 7) is 6.98. The number of likely N-dealkylation sites (tertiary alicyclic amines) is 1. The first-order chi connectivity index (χ1) is 8.94. The van der Waals surface area contributed by atoms with Gasteiger partial charge in [0, 0.05) is 6.04 Å². The molecule has 0 aromatic rings. The molecule has 0 amide bonds. The van der Waals surface area contributed by atoms with Gasteiger partial charge in [0.15, 0.2) is 0 Å². The molecular weight excluding hydrogens is 238 g/mol. The summed E-state index contributed by atoms with van der Waals surface area (Å²) in [6.07, 6.45) is 7.67. The summed E-state index contributed by atoms with van der Waals surface area (Å²) in [5, 5.41) is 0. The number of fused-ring (bicyclic) bond motifs is 2. The lowest BCUT2D eigenvalue weighted by molar-refractivity contribution is -0.161. The largest absolute Gasteiger partial charge is 0.459 e. The summed E-state index contributed by atoms with van der Waals surface area (Å²) in [7, 11) is 0. The van der Waals surface area contributed by atoms with Crippen molar-refractivity contribution in [3.63, 3.8) is 0 Å². The Balaban J connectivity index is 1.66. The van der Waals surface area contributed by atoms with E-state index in [1.165, 1.54) is 25.7 Å². The molecule has 0 aromatic carbocycles. The van der Waals surface area contributed by atoms with Crippen LogP contribution < -0.4 is 0 Å². The van der Waals surface area contributed by atoms with E-state index in [1.807, 2.05) is 20.8 Å². The van der Waals surface area contributed by atoms with Gasteiger partial charge in [0.25, 0.3) is 0 Å². The second-order valence-corrected chi connectivity index (χ2v) is 7.67. The zero-order valence-corrected chi connectivity index (χ0v) is 12.5. The highest BCUT2D eigenvalue weighted by Gasteiger charge is 2.47. The van der Waals surface area contributed by atoms with Crippen LogP contribution in [0.4, 0.5) is 0 Å². The average Bonchev–Trinajstić information content (AvgIpc) is 3.02. The number of esters is 1. The maximum absolute atomic E-state index is 12.4. The molecule has 0 aromatic heterocycles. The smallest absolute Gasteiger partial charge is 0.323 e. The van der Waals surface area contributed by atoms with Gasteiger partial charge in [-0.2, -0.15) is 0 Å². The van der Waals surface area contributed by atoms with Crippen LogP contribution in [0.3, 0.4) is 0 Å². The fourth-order valence-corrected chi connectivity index (χ4v) is 4.43. The summed E-state index contributed by atoms with van der Waals surface area (Å²) in [4.78, 5) is 14.9. The Labute approximate surface area is 116 Å². The maximum atomic E-state index is 12.4. The van der Waals surface area contributed by atoms with Crippen LogP contribution >= 0.6 is 0 Å². The van der Waals surface area contributed by atoms with Gasteiger partial charge in [0.1, 0.15) is 11.6 Å². The quantitative estimate of drug-likeness (QED) is 0.719. The first-order valence-electron chi connectivity index (χ1n) is 7.92. The van der Waals surface area contributed by atoms with E-state index in [4.69, 9.17) is 4.74 Å². The molecule has 3 fully saturated rings. The fraction of sp³-hybridized carbons (Fsp3) is 0.938. The lowest BCUT2D eigenvalue weighted by atomic mass is 9.93. The van der Waals surface area contributed by atoms with Crippen LogP contribution in [-0.2, 0) is 9.53 Å². The van der Waals surface area contributed by atoms with Gasteiger partial charge in [0.2, 0.25) is 0 Å². The molecule has 0 N–H and O–H groups in total. The third-order valence-electron chi connectivity index (χ3n) is 5.10. The van der Waals surface area contributed by atoms with E-state index in [1.54, 1.807) is 0 Å². The van der Waals surface area contributed by atoms with Gasteiger partial charge in [-0.25, -0.2) is 0 Å². The molecule has 1 heterocycles. The zero-order chi connectivity index (χ0) is 13.6. The van der Waals surface area contributed by atoms with Crippen molar-refractivity contribution in [2.75, 3.05) is 6.54 Å². The highest BCUT2D eigenvalue weighted by Crippen LogP contribution is 2.48. The molecular formula is C16H27NO2. The zero-order valence-electron chi connectivity index (χ0n) is 12.5. The van der Waals surface area contributed by atoms with Crippen molar-refractivity contribution in [2.24, 2.45) is 11.8 Å². The lowest BCUT2D eigenvalue weighted by Gasteiger charge is -2.35. The van der Waals surface area contributed by atoms with Gasteiger partial charge in [-0.05, 0) is 71.3 Å². The first kappa shape index (κ1) is 13.4. The van der Waals surface area contributed by atoms with Crippen molar-refractivity contribution in [1.29, 1.82) is 0 Å². The molecule has 3 unspecified atom stereocenters. The van der Waals surface area contributed by atoms with Crippen LogP contribution in [0.25, 0.3) is 0 Å². The molecule has 19 heavy (non-hydrogen) atoms. The number of carbonyl (C=O) groups is 1. The molecule has 3 aliphatic rings. The van der Waals surface area contributed by atoms with Crippen molar-refractivity contribution in [2.45, 2.75) is 77.0 Å². The fourth-order valence-electron chi connectivity index (χ4n) is 4.43. The molecule has 0 spiro atoms. The molecule has 0 radical (unpaired) electrons. The number of hydrogen-bond acceptors (Lipinski definition) is 3. The van der Waals surface area contributed by atoms with Crippen LogP contribution in [0.2, 0.25) is 0 Å². The second-order valence-electron chi connectivity index (χ2n) is 7.67. The Morgan fingerprint density at radius 3 is 2.53 bits per heavy atom. The van der Waals surface area contributed by atoms with Gasteiger partial charge in [-0.1, -0.05) is 6.42 Å². The summed E-state index contributed by atoms with van der Waals surface area (Å²) in [6, 6.07) is 0.697. The van der Waals surface area contributed by atoms with Crippen molar-refractivity contribution < 1.29 is 9.53 Å². The van der Waals surface area contributed by atoms with Crippen LogP contribution in [-0.4, -0.2) is 35.1 Å². The van der Waals surface area contributed by atoms with Crippen molar-refractivity contribution in [3.05, 3.63) is 0 Å². The number of ether oxygens (including phenoxy) is 1. The predicted molar refractivity (Wildman–Crippen MR) is 74.8 cm³/mol. The minimum absolute atomic E-state index is 0.00720. The Bertz CT molecular complexity index is 360. The molecule has 108 valence electrons. The summed E-state index contributed by atoms with van der Waals surface area (Å²) in [5.41, 5.74) is -0.361. The number of carbonyl (C=O) groups excluding carboxylic acids is 1. The van der Waals surface area contributed by atoms with Gasteiger partial charge in [-0.15, -0.1) is 0 Å². The summed E-state index contributed by atoms with van der Waals surface area (Å²) >= 11 is 0. The minimum Gasteiger partial charge on any atom is -0.459 e. The molecule has 2 bridgehead atoms. The highest BCUT2D eigenvalue weighted by molar-refractivity contribution is 5.76. The van der Waals surface area contributed by atoms with Gasteiger partial charge in [0.05, 0.1) is 0 Å². The van der Waals surface area contributed by atoms with E-state index in [-0.39, 0.29) is 17.6 Å². The van der Waals surface area contributed by atoms with Crippen molar-refractivity contribution in [1.82, 2.24) is 4.90 Å². The maximum Gasteiger partial charge on any atom is 0.323 e. The van der Waals surface area contributed by atoms with Crippen molar-refractivity contribution >= 4 is 5.97 Å². The Hall–Kier alpha value is -0.570. The van der Waals surface area contributed by atoms with E-state index in [0.29, 0.717) is 6.04 Å². The van der Waals surface area contributed by atoms with Gasteiger partial charge < -0.3 is 4.74 Å². The second kappa shape index (κ2) is 4.76. The molecule has 3 rings (SSSR count). The molecule has 2 saturated carbocycles. The van der Waals surface area contributed by atoms with Crippen LogP contribution in [0.15, 0.2) is 0 Å².